The molecule has 0 aliphatic carbocycles. The zero-order chi connectivity index (χ0) is 13.2. The molecule has 0 aromatic carbocycles. The van der Waals surface area contributed by atoms with Crippen molar-refractivity contribution in [1.29, 1.82) is 0 Å². The molecule has 1 unspecified atom stereocenters. The van der Waals surface area contributed by atoms with Crippen LogP contribution in [0.25, 0.3) is 0 Å². The number of hydrogen-bond acceptors (Lipinski definition) is 3. The van der Waals surface area contributed by atoms with Crippen LogP contribution in [0.1, 0.15) is 12.1 Å². The maximum atomic E-state index is 12.6. The highest BCUT2D eigenvalue weighted by molar-refractivity contribution is 5.41. The van der Waals surface area contributed by atoms with Crippen LogP contribution in [-0.2, 0) is 6.18 Å². The van der Waals surface area contributed by atoms with Crippen LogP contribution in [0.2, 0.25) is 0 Å². The molecule has 1 saturated heterocycles. The molecule has 0 spiro atoms. The van der Waals surface area contributed by atoms with E-state index in [0.29, 0.717) is 11.7 Å². The second-order valence-corrected chi connectivity index (χ2v) is 4.54. The van der Waals surface area contributed by atoms with Crippen LogP contribution in [0.5, 0.6) is 0 Å². The highest BCUT2D eigenvalue weighted by atomic mass is 19.4. The molecule has 100 valence electrons. The maximum absolute atomic E-state index is 12.6. The number of alkyl halides is 3. The first-order valence-corrected chi connectivity index (χ1v) is 5.94. The van der Waals surface area contributed by atoms with Crippen LogP contribution in [0.4, 0.5) is 19.0 Å². The molecule has 0 amide bonds. The number of pyridine rings is 1. The van der Waals surface area contributed by atoms with Crippen molar-refractivity contribution in [3.8, 4) is 0 Å². The monoisotopic (exact) mass is 259 g/mol. The Balaban J connectivity index is 2.10. The Morgan fingerprint density at radius 3 is 2.89 bits per heavy atom. The number of rotatable bonds is 3. The summed E-state index contributed by atoms with van der Waals surface area (Å²) in [7, 11) is 1.88. The first-order chi connectivity index (χ1) is 8.50. The maximum Gasteiger partial charge on any atom is 0.433 e. The van der Waals surface area contributed by atoms with Crippen molar-refractivity contribution in [1.82, 2.24) is 10.3 Å². The Hall–Kier alpha value is -1.30. The Labute approximate surface area is 104 Å². The highest BCUT2D eigenvalue weighted by Crippen LogP contribution is 2.30. The van der Waals surface area contributed by atoms with E-state index in [9.17, 15) is 13.2 Å². The van der Waals surface area contributed by atoms with Crippen LogP contribution in [0.15, 0.2) is 18.2 Å². The molecular weight excluding hydrogens is 243 g/mol. The summed E-state index contributed by atoms with van der Waals surface area (Å²) in [5.41, 5.74) is -0.822. The molecule has 1 aromatic rings. The lowest BCUT2D eigenvalue weighted by Gasteiger charge is -2.18. The van der Waals surface area contributed by atoms with Gasteiger partial charge < -0.3 is 10.2 Å². The molecule has 2 heterocycles. The van der Waals surface area contributed by atoms with E-state index in [-0.39, 0.29) is 0 Å². The summed E-state index contributed by atoms with van der Waals surface area (Å²) in [5.74, 6) is 0.898. The molecular formula is C12H16F3N3. The van der Waals surface area contributed by atoms with Crippen LogP contribution in [0, 0.1) is 5.92 Å². The fraction of sp³-hybridized carbons (Fsp3) is 0.583. The zero-order valence-electron chi connectivity index (χ0n) is 10.2. The van der Waals surface area contributed by atoms with E-state index in [4.69, 9.17) is 0 Å². The van der Waals surface area contributed by atoms with Gasteiger partial charge in [0, 0.05) is 13.1 Å². The molecule has 3 nitrogen and oxygen atoms in total. The van der Waals surface area contributed by atoms with E-state index < -0.39 is 11.9 Å². The zero-order valence-corrected chi connectivity index (χ0v) is 10.2. The molecule has 0 radical (unpaired) electrons. The van der Waals surface area contributed by atoms with Gasteiger partial charge in [0.1, 0.15) is 11.5 Å². The topological polar surface area (TPSA) is 28.2 Å². The second-order valence-electron chi connectivity index (χ2n) is 4.54. The summed E-state index contributed by atoms with van der Waals surface area (Å²) in [6, 6.07) is 4.05. The summed E-state index contributed by atoms with van der Waals surface area (Å²) in [6.07, 6.45) is -3.39. The van der Waals surface area contributed by atoms with E-state index in [1.165, 1.54) is 6.07 Å². The van der Waals surface area contributed by atoms with Crippen molar-refractivity contribution >= 4 is 5.82 Å². The Morgan fingerprint density at radius 2 is 2.22 bits per heavy atom. The molecule has 1 aliphatic rings. The quantitative estimate of drug-likeness (QED) is 0.901. The minimum atomic E-state index is -4.37. The molecule has 1 fully saturated rings. The summed E-state index contributed by atoms with van der Waals surface area (Å²) < 4.78 is 37.7. The molecule has 1 aliphatic heterocycles. The van der Waals surface area contributed by atoms with Crippen LogP contribution < -0.4 is 10.2 Å². The number of hydrogen-bond donors (Lipinski definition) is 1. The van der Waals surface area contributed by atoms with Crippen LogP contribution in [-0.4, -0.2) is 31.7 Å². The average molecular weight is 259 g/mol. The molecule has 2 rings (SSSR count). The van der Waals surface area contributed by atoms with E-state index in [1.807, 2.05) is 11.9 Å². The molecule has 1 atom stereocenters. The van der Waals surface area contributed by atoms with Crippen molar-refractivity contribution < 1.29 is 13.2 Å². The third-order valence-electron chi connectivity index (χ3n) is 3.13. The van der Waals surface area contributed by atoms with Crippen LogP contribution in [0.3, 0.4) is 0 Å². The molecule has 0 bridgehead atoms. The van der Waals surface area contributed by atoms with Gasteiger partial charge in [-0.25, -0.2) is 4.98 Å². The predicted molar refractivity (Wildman–Crippen MR) is 63.5 cm³/mol. The molecule has 1 N–H and O–H groups in total. The van der Waals surface area contributed by atoms with Crippen molar-refractivity contribution in [2.75, 3.05) is 31.6 Å². The summed E-state index contributed by atoms with van der Waals surface area (Å²) in [6.45, 7) is 2.41. The van der Waals surface area contributed by atoms with Gasteiger partial charge in [0.05, 0.1) is 0 Å². The van der Waals surface area contributed by atoms with Crippen molar-refractivity contribution in [3.63, 3.8) is 0 Å². The van der Waals surface area contributed by atoms with Crippen LogP contribution >= 0.6 is 0 Å². The third kappa shape index (κ3) is 2.93. The van der Waals surface area contributed by atoms with E-state index in [2.05, 4.69) is 10.3 Å². The molecule has 1 aromatic heterocycles. The smallest absolute Gasteiger partial charge is 0.356 e. The third-order valence-corrected chi connectivity index (χ3v) is 3.13. The van der Waals surface area contributed by atoms with Crippen molar-refractivity contribution in [2.24, 2.45) is 5.92 Å². The average Bonchev–Trinajstić information content (AvgIpc) is 2.77. The van der Waals surface area contributed by atoms with Gasteiger partial charge in [0.25, 0.3) is 0 Å². The fourth-order valence-electron chi connectivity index (χ4n) is 2.25. The highest BCUT2D eigenvalue weighted by Gasteiger charge is 2.33. The number of nitrogens with one attached hydrogen (secondary N) is 1. The van der Waals surface area contributed by atoms with Gasteiger partial charge in [-0.15, -0.1) is 0 Å². The van der Waals surface area contributed by atoms with Gasteiger partial charge in [0.2, 0.25) is 0 Å². The first-order valence-electron chi connectivity index (χ1n) is 5.94. The standard InChI is InChI=1S/C12H16F3N3/c1-16-7-9-5-6-18(8-9)11-4-2-3-10(17-11)12(13,14)15/h2-4,9,16H,5-8H2,1H3. The lowest BCUT2D eigenvalue weighted by atomic mass is 10.1. The van der Waals surface area contributed by atoms with Crippen molar-refractivity contribution in [2.45, 2.75) is 12.6 Å². The van der Waals surface area contributed by atoms with Gasteiger partial charge >= 0.3 is 6.18 Å². The Kier molecular flexibility index (Phi) is 3.75. The summed E-state index contributed by atoms with van der Waals surface area (Å²) >= 11 is 0. The van der Waals surface area contributed by atoms with Gasteiger partial charge in [-0.3, -0.25) is 0 Å². The van der Waals surface area contributed by atoms with Gasteiger partial charge in [-0.2, -0.15) is 13.2 Å². The lowest BCUT2D eigenvalue weighted by molar-refractivity contribution is -0.141. The summed E-state index contributed by atoms with van der Waals surface area (Å²) in [4.78, 5) is 5.62. The normalized spacial score (nSPS) is 20.4. The predicted octanol–water partition coefficient (Wildman–Crippen LogP) is 2.15. The van der Waals surface area contributed by atoms with Gasteiger partial charge in [-0.05, 0) is 38.1 Å². The first kappa shape index (κ1) is 13.1. The van der Waals surface area contributed by atoms with Crippen molar-refractivity contribution in [3.05, 3.63) is 23.9 Å². The molecule has 18 heavy (non-hydrogen) atoms. The number of aromatic nitrogens is 1. The number of nitrogens with zero attached hydrogens (tertiary/aromatic N) is 2. The Morgan fingerprint density at radius 1 is 1.44 bits per heavy atom. The largest absolute Gasteiger partial charge is 0.433 e. The molecule has 6 heteroatoms. The van der Waals surface area contributed by atoms with E-state index >= 15 is 0 Å². The fourth-order valence-corrected chi connectivity index (χ4v) is 2.25. The van der Waals surface area contributed by atoms with E-state index in [1.54, 1.807) is 6.07 Å². The lowest BCUT2D eigenvalue weighted by Crippen LogP contribution is -2.25. The SMILES string of the molecule is CNCC1CCN(c2cccc(C(F)(F)F)n2)C1. The minimum Gasteiger partial charge on any atom is -0.356 e. The van der Waals surface area contributed by atoms with Gasteiger partial charge in [-0.1, -0.05) is 6.07 Å². The Bertz CT molecular complexity index is 406. The second kappa shape index (κ2) is 5.14. The summed E-state index contributed by atoms with van der Waals surface area (Å²) in [5, 5.41) is 3.09. The molecule has 0 saturated carbocycles. The number of anilines is 1. The van der Waals surface area contributed by atoms with Gasteiger partial charge in [0.15, 0.2) is 0 Å². The van der Waals surface area contributed by atoms with E-state index in [0.717, 1.165) is 32.1 Å². The minimum absolute atomic E-state index is 0.420. The number of halogens is 3.